The molecule has 25 heavy (non-hydrogen) atoms. The Morgan fingerprint density at radius 1 is 1.52 bits per heavy atom. The first kappa shape index (κ1) is 20.3. The number of carbonyl (C=O) groups excluding carboxylic acids is 1. The highest BCUT2D eigenvalue weighted by Gasteiger charge is 2.18. The number of ether oxygens (including phenoxy) is 2. The highest BCUT2D eigenvalue weighted by Crippen LogP contribution is 2.15. The Balaban J connectivity index is 1.75. The number of morpholine rings is 1. The van der Waals surface area contributed by atoms with E-state index in [0.29, 0.717) is 25.1 Å². The van der Waals surface area contributed by atoms with Gasteiger partial charge in [0.15, 0.2) is 0 Å². The Labute approximate surface area is 153 Å². The van der Waals surface area contributed by atoms with E-state index >= 15 is 0 Å². The van der Waals surface area contributed by atoms with E-state index < -0.39 is 0 Å². The number of aryl methyl sites for hydroxylation is 1. The molecule has 1 atom stereocenters. The number of carbonyl (C=O) groups is 1. The smallest absolute Gasteiger partial charge is 0.340 e. The zero-order valence-electron chi connectivity index (χ0n) is 15.0. The SMILES string of the molecule is CCOC(=O)c1c(C)c[nH]c1CCNCC(CN1CCOCC1)SO. The lowest BCUT2D eigenvalue weighted by Gasteiger charge is -2.29. The number of H-pyrrole nitrogens is 1. The molecule has 2 heterocycles. The van der Waals surface area contributed by atoms with Gasteiger partial charge in [-0.3, -0.25) is 4.90 Å². The van der Waals surface area contributed by atoms with Crippen molar-refractivity contribution < 1.29 is 18.8 Å². The lowest BCUT2D eigenvalue weighted by Crippen LogP contribution is -2.42. The highest BCUT2D eigenvalue weighted by molar-refractivity contribution is 7.94. The zero-order valence-corrected chi connectivity index (χ0v) is 15.9. The standard InChI is InChI=1S/C17H29N3O4S/c1-3-24-17(21)16-13(2)10-19-15(16)4-5-18-11-14(25-22)12-20-6-8-23-9-7-20/h10,14,18-19,22H,3-9,11-12H2,1-2H3. The minimum atomic E-state index is -0.271. The number of nitrogens with one attached hydrogen (secondary N) is 2. The van der Waals surface area contributed by atoms with Crippen LogP contribution in [0.25, 0.3) is 0 Å². The van der Waals surface area contributed by atoms with Crippen LogP contribution in [0.1, 0.15) is 28.5 Å². The number of rotatable bonds is 10. The molecule has 0 amide bonds. The van der Waals surface area contributed by atoms with Crippen LogP contribution in [0.5, 0.6) is 0 Å². The third-order valence-corrected chi connectivity index (χ3v) is 4.89. The highest BCUT2D eigenvalue weighted by atomic mass is 32.2. The number of aromatic amines is 1. The molecular weight excluding hydrogens is 342 g/mol. The summed E-state index contributed by atoms with van der Waals surface area (Å²) in [7, 11) is 0. The van der Waals surface area contributed by atoms with E-state index in [-0.39, 0.29) is 11.2 Å². The molecule has 0 spiro atoms. The van der Waals surface area contributed by atoms with Crippen LogP contribution in [0.4, 0.5) is 0 Å². The lowest BCUT2D eigenvalue weighted by molar-refractivity contribution is 0.0380. The van der Waals surface area contributed by atoms with Crippen LogP contribution in [-0.4, -0.2) is 78.2 Å². The van der Waals surface area contributed by atoms with E-state index in [1.54, 1.807) is 0 Å². The van der Waals surface area contributed by atoms with Crippen molar-refractivity contribution in [3.63, 3.8) is 0 Å². The molecule has 1 saturated heterocycles. The summed E-state index contributed by atoms with van der Waals surface area (Å²) >= 11 is 0.902. The van der Waals surface area contributed by atoms with Crippen LogP contribution in [0.15, 0.2) is 6.20 Å². The molecule has 1 aromatic rings. The van der Waals surface area contributed by atoms with Crippen LogP contribution in [0.3, 0.4) is 0 Å². The molecule has 1 unspecified atom stereocenters. The number of hydrogen-bond donors (Lipinski definition) is 3. The van der Waals surface area contributed by atoms with Crippen LogP contribution in [0, 0.1) is 6.92 Å². The molecule has 0 bridgehead atoms. The van der Waals surface area contributed by atoms with Crippen molar-refractivity contribution in [2.75, 3.05) is 52.5 Å². The second-order valence-corrected chi connectivity index (χ2v) is 7.02. The van der Waals surface area contributed by atoms with Crippen molar-refractivity contribution >= 4 is 18.0 Å². The maximum absolute atomic E-state index is 12.0. The molecule has 1 aromatic heterocycles. The quantitative estimate of drug-likeness (QED) is 0.327. The summed E-state index contributed by atoms with van der Waals surface area (Å²) in [6.07, 6.45) is 2.55. The molecule has 1 aliphatic heterocycles. The van der Waals surface area contributed by atoms with E-state index in [9.17, 15) is 9.35 Å². The molecular formula is C17H29N3O4S. The number of hydrogen-bond acceptors (Lipinski definition) is 7. The molecule has 0 aliphatic carbocycles. The summed E-state index contributed by atoms with van der Waals surface area (Å²) in [5, 5.41) is 3.49. The Morgan fingerprint density at radius 3 is 2.96 bits per heavy atom. The average Bonchev–Trinajstić information content (AvgIpc) is 2.99. The monoisotopic (exact) mass is 371 g/mol. The maximum atomic E-state index is 12.0. The van der Waals surface area contributed by atoms with Gasteiger partial charge >= 0.3 is 5.97 Å². The largest absolute Gasteiger partial charge is 0.462 e. The molecule has 1 aliphatic rings. The predicted molar refractivity (Wildman–Crippen MR) is 99.3 cm³/mol. The molecule has 0 radical (unpaired) electrons. The molecule has 142 valence electrons. The minimum absolute atomic E-state index is 0.119. The summed E-state index contributed by atoms with van der Waals surface area (Å²) in [6.45, 7) is 9.73. The van der Waals surface area contributed by atoms with Crippen molar-refractivity contribution in [3.8, 4) is 0 Å². The molecule has 8 heteroatoms. The fourth-order valence-electron chi connectivity index (χ4n) is 2.95. The lowest BCUT2D eigenvalue weighted by atomic mass is 10.1. The van der Waals surface area contributed by atoms with Gasteiger partial charge in [-0.05, 0) is 31.5 Å². The summed E-state index contributed by atoms with van der Waals surface area (Å²) in [4.78, 5) is 17.5. The van der Waals surface area contributed by atoms with E-state index in [1.165, 1.54) is 0 Å². The van der Waals surface area contributed by atoms with E-state index in [4.69, 9.17) is 9.47 Å². The van der Waals surface area contributed by atoms with Gasteiger partial charge in [0.25, 0.3) is 0 Å². The fourth-order valence-corrected chi connectivity index (χ4v) is 3.42. The third-order valence-electron chi connectivity index (χ3n) is 4.28. The third kappa shape index (κ3) is 6.31. The number of aromatic nitrogens is 1. The van der Waals surface area contributed by atoms with Gasteiger partial charge in [0.05, 0.1) is 30.6 Å². The van der Waals surface area contributed by atoms with Gasteiger partial charge in [0, 0.05) is 51.0 Å². The van der Waals surface area contributed by atoms with Crippen molar-refractivity contribution in [1.29, 1.82) is 0 Å². The second-order valence-electron chi connectivity index (χ2n) is 6.14. The van der Waals surface area contributed by atoms with E-state index in [2.05, 4.69) is 15.2 Å². The van der Waals surface area contributed by atoms with Crippen molar-refractivity contribution in [3.05, 3.63) is 23.0 Å². The van der Waals surface area contributed by atoms with Gasteiger partial charge in [-0.25, -0.2) is 4.79 Å². The Morgan fingerprint density at radius 2 is 2.28 bits per heavy atom. The molecule has 0 saturated carbocycles. The topological polar surface area (TPSA) is 86.8 Å². The fraction of sp³-hybridized carbons (Fsp3) is 0.706. The second kappa shape index (κ2) is 10.8. The van der Waals surface area contributed by atoms with Gasteiger partial charge in [-0.2, -0.15) is 0 Å². The molecule has 3 N–H and O–H groups in total. The van der Waals surface area contributed by atoms with E-state index in [0.717, 1.165) is 62.7 Å². The Kier molecular flexibility index (Phi) is 8.77. The first-order valence-electron chi connectivity index (χ1n) is 8.80. The average molecular weight is 372 g/mol. The van der Waals surface area contributed by atoms with Crippen molar-refractivity contribution in [1.82, 2.24) is 15.2 Å². The summed E-state index contributed by atoms with van der Waals surface area (Å²) in [5.41, 5.74) is 2.44. The summed E-state index contributed by atoms with van der Waals surface area (Å²) in [5.74, 6) is -0.271. The van der Waals surface area contributed by atoms with Gasteiger partial charge in [-0.15, -0.1) is 0 Å². The normalized spacial score (nSPS) is 16.8. The first-order chi connectivity index (χ1) is 12.2. The minimum Gasteiger partial charge on any atom is -0.462 e. The van der Waals surface area contributed by atoms with Crippen molar-refractivity contribution in [2.24, 2.45) is 0 Å². The Hall–Kier alpha value is -1.06. The molecule has 1 fully saturated rings. The van der Waals surface area contributed by atoms with Crippen LogP contribution in [-0.2, 0) is 15.9 Å². The van der Waals surface area contributed by atoms with E-state index in [1.807, 2.05) is 20.0 Å². The molecule has 0 aromatic carbocycles. The van der Waals surface area contributed by atoms with Crippen LogP contribution >= 0.6 is 12.0 Å². The maximum Gasteiger partial charge on any atom is 0.340 e. The van der Waals surface area contributed by atoms with Crippen molar-refractivity contribution in [2.45, 2.75) is 25.5 Å². The van der Waals surface area contributed by atoms with Gasteiger partial charge in [0.2, 0.25) is 0 Å². The predicted octanol–water partition coefficient (Wildman–Crippen LogP) is 1.54. The first-order valence-corrected chi connectivity index (χ1v) is 9.64. The Bertz CT molecular complexity index is 532. The molecule has 7 nitrogen and oxygen atoms in total. The van der Waals surface area contributed by atoms with Crippen LogP contribution < -0.4 is 5.32 Å². The molecule has 2 rings (SSSR count). The number of nitrogens with zero attached hydrogens (tertiary/aromatic N) is 1. The van der Waals surface area contributed by atoms with Gasteiger partial charge in [0.1, 0.15) is 0 Å². The van der Waals surface area contributed by atoms with Gasteiger partial charge in [-0.1, -0.05) is 0 Å². The summed E-state index contributed by atoms with van der Waals surface area (Å²) < 4.78 is 20.0. The number of esters is 1. The summed E-state index contributed by atoms with van der Waals surface area (Å²) in [6, 6.07) is 0. The van der Waals surface area contributed by atoms with Crippen LogP contribution in [0.2, 0.25) is 0 Å². The van der Waals surface area contributed by atoms with Gasteiger partial charge < -0.3 is 24.3 Å². The zero-order chi connectivity index (χ0) is 18.1.